The number of rotatable bonds is 59. The average Bonchev–Trinajstić information content (AvgIpc) is 3.41. The summed E-state index contributed by atoms with van der Waals surface area (Å²) in [5.41, 5.74) is 0. The maximum atomic E-state index is 12.9. The lowest BCUT2D eigenvalue weighted by Crippen LogP contribution is -2.30. The van der Waals surface area contributed by atoms with Gasteiger partial charge in [0, 0.05) is 25.7 Å². The third-order valence-electron chi connectivity index (χ3n) is 14.1. The zero-order valence-electron chi connectivity index (χ0n) is 50.7. The zero-order chi connectivity index (χ0) is 58.7. The van der Waals surface area contributed by atoms with E-state index in [0.717, 1.165) is 108 Å². The van der Waals surface area contributed by atoms with Crippen LogP contribution < -0.4 is 0 Å². The summed E-state index contributed by atoms with van der Waals surface area (Å²) >= 11 is 0. The molecule has 0 radical (unpaired) electrons. The molecule has 0 aromatic carbocycles. The summed E-state index contributed by atoms with van der Waals surface area (Å²) < 4.78 is 67.6. The van der Waals surface area contributed by atoms with Crippen LogP contribution in [0.15, 0.2) is 0 Å². The van der Waals surface area contributed by atoms with Gasteiger partial charge in [0.15, 0.2) is 12.2 Å². The van der Waals surface area contributed by atoms with E-state index in [-0.39, 0.29) is 25.7 Å². The van der Waals surface area contributed by atoms with Crippen LogP contribution in [0.4, 0.5) is 0 Å². The highest BCUT2D eigenvalue weighted by Crippen LogP contribution is 2.45. The van der Waals surface area contributed by atoms with Gasteiger partial charge in [-0.25, -0.2) is 9.13 Å². The molecule has 0 amide bonds. The highest BCUT2D eigenvalue weighted by atomic mass is 31.2. The number of unbranched alkanes of at least 4 members (excludes halogenated alkanes) is 28. The number of hydrogen-bond donors (Lipinski definition) is 3. The fourth-order valence-corrected chi connectivity index (χ4v) is 10.4. The first-order valence-corrected chi connectivity index (χ1v) is 34.5. The van der Waals surface area contributed by atoms with Crippen LogP contribution >= 0.6 is 15.6 Å². The van der Waals surface area contributed by atoms with Crippen molar-refractivity contribution in [2.24, 2.45) is 11.8 Å². The molecule has 0 aliphatic heterocycles. The van der Waals surface area contributed by atoms with Crippen LogP contribution in [0.2, 0.25) is 0 Å². The maximum Gasteiger partial charge on any atom is 0.472 e. The first kappa shape index (κ1) is 77.1. The smallest absolute Gasteiger partial charge is 0.462 e. The van der Waals surface area contributed by atoms with E-state index in [1.165, 1.54) is 103 Å². The van der Waals surface area contributed by atoms with Gasteiger partial charge >= 0.3 is 39.5 Å². The van der Waals surface area contributed by atoms with Crippen molar-refractivity contribution < 1.29 is 80.2 Å². The molecule has 0 aliphatic carbocycles. The van der Waals surface area contributed by atoms with Crippen LogP contribution in [0.25, 0.3) is 0 Å². The van der Waals surface area contributed by atoms with Crippen LogP contribution in [0.1, 0.15) is 292 Å². The quantitative estimate of drug-likeness (QED) is 0.0222. The van der Waals surface area contributed by atoms with Gasteiger partial charge < -0.3 is 33.8 Å². The van der Waals surface area contributed by atoms with Crippen LogP contribution in [0, 0.1) is 11.8 Å². The molecule has 0 fully saturated rings. The SMILES string of the molecule is CCCCCCCCCCCCCCC(=O)OC[C@H](COP(=O)(O)OC[C@@H](O)COP(=O)(O)OC[C@@H](COC(=O)CCCCCCC)OC(=O)CCCCCCCCC(C)CC)OC(=O)CCCCCCCCCCCC(C)C. The highest BCUT2D eigenvalue weighted by molar-refractivity contribution is 7.47. The number of carbonyl (C=O) groups excluding carboxylic acids is 4. The fourth-order valence-electron chi connectivity index (χ4n) is 8.79. The minimum atomic E-state index is -4.94. The predicted octanol–water partition coefficient (Wildman–Crippen LogP) is 16.1. The Labute approximate surface area is 479 Å². The number of carbonyl (C=O) groups is 4. The lowest BCUT2D eigenvalue weighted by atomic mass is 10.00. The topological polar surface area (TPSA) is 237 Å². The van der Waals surface area contributed by atoms with Crippen LogP contribution in [-0.2, 0) is 65.4 Å². The molecule has 3 N–H and O–H groups in total. The van der Waals surface area contributed by atoms with Crippen LogP contribution in [-0.4, -0.2) is 96.7 Å². The van der Waals surface area contributed by atoms with Crippen molar-refractivity contribution in [3.63, 3.8) is 0 Å². The normalized spacial score (nSPS) is 14.8. The molecule has 0 aromatic heterocycles. The molecule has 0 aliphatic rings. The Morgan fingerprint density at radius 3 is 0.962 bits per heavy atom. The van der Waals surface area contributed by atoms with Crippen molar-refractivity contribution in [1.82, 2.24) is 0 Å². The van der Waals surface area contributed by atoms with Crippen molar-refractivity contribution >= 4 is 39.5 Å². The van der Waals surface area contributed by atoms with Gasteiger partial charge in [0.1, 0.15) is 19.3 Å². The second-order valence-corrected chi connectivity index (χ2v) is 25.4. The van der Waals surface area contributed by atoms with E-state index in [0.29, 0.717) is 25.7 Å². The summed E-state index contributed by atoms with van der Waals surface area (Å²) in [5, 5.41) is 10.5. The predicted molar refractivity (Wildman–Crippen MR) is 312 cm³/mol. The van der Waals surface area contributed by atoms with Crippen LogP contribution in [0.3, 0.4) is 0 Å². The van der Waals surface area contributed by atoms with Gasteiger partial charge in [0.25, 0.3) is 0 Å². The monoisotopic (exact) mass is 1170 g/mol. The second kappa shape index (κ2) is 52.8. The first-order valence-electron chi connectivity index (χ1n) is 31.5. The third-order valence-corrected chi connectivity index (χ3v) is 16.0. The van der Waals surface area contributed by atoms with Crippen molar-refractivity contribution in [3.8, 4) is 0 Å². The van der Waals surface area contributed by atoms with Gasteiger partial charge in [-0.2, -0.15) is 0 Å². The summed E-state index contributed by atoms with van der Waals surface area (Å²) in [5.74, 6) is -0.695. The Kier molecular flexibility index (Phi) is 51.5. The van der Waals surface area contributed by atoms with Gasteiger partial charge in [-0.3, -0.25) is 37.3 Å². The maximum absolute atomic E-state index is 12.9. The summed E-state index contributed by atoms with van der Waals surface area (Å²) in [6.07, 6.45) is 33.8. The van der Waals surface area contributed by atoms with Crippen LogP contribution in [0.5, 0.6) is 0 Å². The van der Waals surface area contributed by atoms with Crippen molar-refractivity contribution in [3.05, 3.63) is 0 Å². The number of aliphatic hydroxyl groups excluding tert-OH is 1. The lowest BCUT2D eigenvalue weighted by molar-refractivity contribution is -0.161. The molecule has 0 rings (SSSR count). The number of hydrogen-bond acceptors (Lipinski definition) is 15. The average molecular weight is 1170 g/mol. The molecule has 6 atom stereocenters. The van der Waals surface area contributed by atoms with E-state index in [4.69, 9.17) is 37.0 Å². The van der Waals surface area contributed by atoms with E-state index in [2.05, 4.69) is 41.5 Å². The van der Waals surface area contributed by atoms with Gasteiger partial charge in [-0.1, -0.05) is 241 Å². The number of phosphoric acid groups is 2. The summed E-state index contributed by atoms with van der Waals surface area (Å²) in [7, 11) is -9.87. The molecule has 19 heteroatoms. The molecule has 0 bridgehead atoms. The van der Waals surface area contributed by atoms with E-state index in [1.54, 1.807) is 0 Å². The standard InChI is InChI=1S/C60H116O17P2/c1-7-10-12-14-15-16-17-18-21-24-31-37-43-58(63)71-49-56(76-59(64)44-38-32-25-22-19-20-23-29-34-40-52(4)5)51-75-79(68,69)73-47-54(61)46-72-78(66,67)74-50-55(48-70-57(62)42-36-28-13-11-8-2)77-60(65)45-39-33-27-26-30-35-41-53(6)9-3/h52-56,61H,7-51H2,1-6H3,(H,66,67)(H,68,69)/t53?,54-,55+,56+/m0/s1. The molecule has 79 heavy (non-hydrogen) atoms. The van der Waals surface area contributed by atoms with Gasteiger partial charge in [-0.15, -0.1) is 0 Å². The number of phosphoric ester groups is 2. The van der Waals surface area contributed by atoms with Gasteiger partial charge in [0.05, 0.1) is 26.4 Å². The highest BCUT2D eigenvalue weighted by Gasteiger charge is 2.30. The van der Waals surface area contributed by atoms with Crippen molar-refractivity contribution in [2.45, 2.75) is 310 Å². The third kappa shape index (κ3) is 53.8. The zero-order valence-corrected chi connectivity index (χ0v) is 52.4. The molecule has 3 unspecified atom stereocenters. The summed E-state index contributed by atoms with van der Waals surface area (Å²) in [4.78, 5) is 71.8. The number of esters is 4. The minimum absolute atomic E-state index is 0.102. The first-order chi connectivity index (χ1) is 37.9. The molecule has 0 heterocycles. The summed E-state index contributed by atoms with van der Waals surface area (Å²) in [6.45, 7) is 9.30. The Bertz CT molecular complexity index is 1570. The second-order valence-electron chi connectivity index (χ2n) is 22.5. The van der Waals surface area contributed by atoms with Crippen molar-refractivity contribution in [1.29, 1.82) is 0 Å². The minimum Gasteiger partial charge on any atom is -0.462 e. The van der Waals surface area contributed by atoms with E-state index in [9.17, 15) is 43.2 Å². The summed E-state index contributed by atoms with van der Waals surface area (Å²) in [6, 6.07) is 0. The Morgan fingerprint density at radius 1 is 0.367 bits per heavy atom. The van der Waals surface area contributed by atoms with Gasteiger partial charge in [0.2, 0.25) is 0 Å². The Hall–Kier alpha value is -1.94. The van der Waals surface area contributed by atoms with E-state index < -0.39 is 97.5 Å². The molecule has 0 saturated heterocycles. The van der Waals surface area contributed by atoms with Gasteiger partial charge in [-0.05, 0) is 37.5 Å². The molecular formula is C60H116O17P2. The fraction of sp³-hybridized carbons (Fsp3) is 0.933. The molecule has 468 valence electrons. The molecule has 17 nitrogen and oxygen atoms in total. The Balaban J connectivity index is 5.19. The molecule has 0 aromatic rings. The number of aliphatic hydroxyl groups is 1. The molecule has 0 spiro atoms. The van der Waals surface area contributed by atoms with Crippen molar-refractivity contribution in [2.75, 3.05) is 39.6 Å². The van der Waals surface area contributed by atoms with E-state index in [1.807, 2.05) is 0 Å². The molecule has 0 saturated carbocycles. The van der Waals surface area contributed by atoms with E-state index >= 15 is 0 Å². The number of ether oxygens (including phenoxy) is 4. The largest absolute Gasteiger partial charge is 0.472 e. The Morgan fingerprint density at radius 2 is 0.646 bits per heavy atom. The lowest BCUT2D eigenvalue weighted by Gasteiger charge is -2.21. The molecular weight excluding hydrogens is 1050 g/mol.